The zero-order valence-electron chi connectivity index (χ0n) is 8.20. The highest BCUT2D eigenvalue weighted by Gasteiger charge is 2.12. The molecule has 1 aromatic carbocycles. The van der Waals surface area contributed by atoms with Gasteiger partial charge in [-0.15, -0.1) is 0 Å². The van der Waals surface area contributed by atoms with Gasteiger partial charge in [-0.2, -0.15) is 5.10 Å². The normalized spacial score (nSPS) is 10.9. The van der Waals surface area contributed by atoms with Crippen LogP contribution in [0.2, 0.25) is 0 Å². The number of benzene rings is 1. The molecule has 4 nitrogen and oxygen atoms in total. The van der Waals surface area contributed by atoms with Crippen LogP contribution in [0.3, 0.4) is 0 Å². The Kier molecular flexibility index (Phi) is 3.98. The van der Waals surface area contributed by atoms with Crippen molar-refractivity contribution in [2.75, 3.05) is 14.1 Å². The minimum Gasteiger partial charge on any atom is -0.506 e. The summed E-state index contributed by atoms with van der Waals surface area (Å²) < 4.78 is 0.740. The lowest BCUT2D eigenvalue weighted by atomic mass is 10.2. The van der Waals surface area contributed by atoms with Crippen molar-refractivity contribution in [2.45, 2.75) is 0 Å². The topological polar surface area (TPSA) is 56.1 Å². The van der Waals surface area contributed by atoms with E-state index in [1.54, 1.807) is 25.2 Å². The van der Waals surface area contributed by atoms with Crippen LogP contribution in [0, 0.1) is 0 Å². The van der Waals surface area contributed by atoms with Crippen LogP contribution in [-0.2, 0) is 0 Å². The molecule has 0 aliphatic heterocycles. The van der Waals surface area contributed by atoms with Crippen molar-refractivity contribution in [1.29, 1.82) is 0 Å². The van der Waals surface area contributed by atoms with Gasteiger partial charge in [-0.25, -0.2) is 0 Å². The zero-order chi connectivity index (χ0) is 11.6. The SMILES string of the molecule is CN(C)/N=C/c1cc(Br)c(O)c(Br)c1O. The van der Waals surface area contributed by atoms with E-state index in [1.807, 2.05) is 0 Å². The van der Waals surface area contributed by atoms with Crippen LogP contribution in [0.25, 0.3) is 0 Å². The van der Waals surface area contributed by atoms with Gasteiger partial charge in [0.15, 0.2) is 0 Å². The lowest BCUT2D eigenvalue weighted by Crippen LogP contribution is -2.02. The third-order valence-corrected chi connectivity index (χ3v) is 2.98. The van der Waals surface area contributed by atoms with E-state index in [0.29, 0.717) is 10.0 Å². The summed E-state index contributed by atoms with van der Waals surface area (Å²) in [7, 11) is 3.55. The van der Waals surface area contributed by atoms with Gasteiger partial charge in [0.05, 0.1) is 10.7 Å². The van der Waals surface area contributed by atoms with E-state index in [0.717, 1.165) is 0 Å². The molecule has 0 radical (unpaired) electrons. The number of phenolic OH excluding ortho intramolecular Hbond substituents is 2. The third-order valence-electron chi connectivity index (χ3n) is 1.63. The van der Waals surface area contributed by atoms with Crippen LogP contribution in [0.5, 0.6) is 11.5 Å². The summed E-state index contributed by atoms with van der Waals surface area (Å²) in [5.41, 5.74) is 0.514. The van der Waals surface area contributed by atoms with Crippen LogP contribution >= 0.6 is 31.9 Å². The Morgan fingerprint density at radius 2 is 1.87 bits per heavy atom. The number of halogens is 2. The van der Waals surface area contributed by atoms with E-state index >= 15 is 0 Å². The fourth-order valence-corrected chi connectivity index (χ4v) is 2.05. The smallest absolute Gasteiger partial charge is 0.147 e. The minimum absolute atomic E-state index is 0.0329. The number of hydrazone groups is 1. The monoisotopic (exact) mass is 336 g/mol. The number of aromatic hydroxyl groups is 2. The number of nitrogens with zero attached hydrogens (tertiary/aromatic N) is 2. The molecule has 0 amide bonds. The highest BCUT2D eigenvalue weighted by atomic mass is 79.9. The summed E-state index contributed by atoms with van der Waals surface area (Å²) in [6, 6.07) is 1.59. The molecule has 0 saturated heterocycles. The van der Waals surface area contributed by atoms with Gasteiger partial charge in [0, 0.05) is 19.7 Å². The van der Waals surface area contributed by atoms with Crippen molar-refractivity contribution in [1.82, 2.24) is 5.01 Å². The fraction of sp³-hybridized carbons (Fsp3) is 0.222. The fourth-order valence-electron chi connectivity index (χ4n) is 0.893. The van der Waals surface area contributed by atoms with Gasteiger partial charge in [0.1, 0.15) is 16.0 Å². The molecular weight excluding hydrogens is 328 g/mol. The summed E-state index contributed by atoms with van der Waals surface area (Å²) in [4.78, 5) is 0. The average molecular weight is 338 g/mol. The molecule has 0 spiro atoms. The van der Waals surface area contributed by atoms with Crippen LogP contribution in [0.4, 0.5) is 0 Å². The van der Waals surface area contributed by atoms with Gasteiger partial charge in [-0.05, 0) is 37.9 Å². The van der Waals surface area contributed by atoms with Crippen LogP contribution < -0.4 is 0 Å². The summed E-state index contributed by atoms with van der Waals surface area (Å²) in [5.74, 6) is -0.0733. The van der Waals surface area contributed by atoms with E-state index in [4.69, 9.17) is 0 Å². The zero-order valence-corrected chi connectivity index (χ0v) is 11.4. The summed E-state index contributed by atoms with van der Waals surface area (Å²) in [5, 5.41) is 24.8. The Balaban J connectivity index is 3.21. The highest BCUT2D eigenvalue weighted by molar-refractivity contribution is 9.11. The third kappa shape index (κ3) is 2.85. The second-order valence-electron chi connectivity index (χ2n) is 3.05. The molecule has 0 heterocycles. The molecule has 6 heteroatoms. The Morgan fingerprint density at radius 3 is 2.40 bits per heavy atom. The van der Waals surface area contributed by atoms with E-state index in [1.165, 1.54) is 6.21 Å². The van der Waals surface area contributed by atoms with Gasteiger partial charge in [0.2, 0.25) is 0 Å². The molecule has 0 unspecified atom stereocenters. The molecule has 0 saturated carbocycles. The van der Waals surface area contributed by atoms with E-state index < -0.39 is 0 Å². The van der Waals surface area contributed by atoms with Gasteiger partial charge in [0.25, 0.3) is 0 Å². The first-order valence-corrected chi connectivity index (χ1v) is 5.63. The number of hydrogen-bond acceptors (Lipinski definition) is 4. The van der Waals surface area contributed by atoms with E-state index in [2.05, 4.69) is 37.0 Å². The van der Waals surface area contributed by atoms with Crippen molar-refractivity contribution in [3.05, 3.63) is 20.6 Å². The van der Waals surface area contributed by atoms with Crippen molar-refractivity contribution in [3.8, 4) is 11.5 Å². The predicted octanol–water partition coefficient (Wildman–Crippen LogP) is 2.52. The molecule has 0 bridgehead atoms. The van der Waals surface area contributed by atoms with Gasteiger partial charge in [-0.1, -0.05) is 0 Å². The molecule has 1 rings (SSSR count). The lowest BCUT2D eigenvalue weighted by molar-refractivity contribution is 0.436. The predicted molar refractivity (Wildman–Crippen MR) is 66.5 cm³/mol. The quantitative estimate of drug-likeness (QED) is 0.644. The first-order chi connectivity index (χ1) is 6.93. The molecule has 0 fully saturated rings. The molecular formula is C9H10Br2N2O2. The van der Waals surface area contributed by atoms with Crippen LogP contribution in [-0.4, -0.2) is 35.5 Å². The van der Waals surface area contributed by atoms with Crippen LogP contribution in [0.1, 0.15) is 5.56 Å². The number of rotatable bonds is 2. The van der Waals surface area contributed by atoms with Gasteiger partial charge in [-0.3, -0.25) is 0 Å². The second-order valence-corrected chi connectivity index (χ2v) is 4.70. The molecule has 0 aromatic heterocycles. The largest absolute Gasteiger partial charge is 0.506 e. The number of hydrogen-bond donors (Lipinski definition) is 2. The lowest BCUT2D eigenvalue weighted by Gasteiger charge is -2.07. The molecule has 0 aliphatic rings. The number of phenols is 2. The maximum absolute atomic E-state index is 9.68. The Morgan fingerprint density at radius 1 is 1.27 bits per heavy atom. The summed E-state index contributed by atoms with van der Waals surface area (Å²) in [6.07, 6.45) is 1.50. The highest BCUT2D eigenvalue weighted by Crippen LogP contribution is 2.40. The minimum atomic E-state index is -0.0405. The molecule has 0 aliphatic carbocycles. The maximum atomic E-state index is 9.68. The van der Waals surface area contributed by atoms with Crippen molar-refractivity contribution in [2.24, 2.45) is 5.10 Å². The molecule has 1 aromatic rings. The molecule has 82 valence electrons. The van der Waals surface area contributed by atoms with Crippen molar-refractivity contribution in [3.63, 3.8) is 0 Å². The first-order valence-electron chi connectivity index (χ1n) is 4.04. The maximum Gasteiger partial charge on any atom is 0.147 e. The van der Waals surface area contributed by atoms with Crippen molar-refractivity contribution >= 4 is 38.1 Å². The molecule has 2 N–H and O–H groups in total. The Bertz CT molecular complexity index is 406. The van der Waals surface area contributed by atoms with Crippen molar-refractivity contribution < 1.29 is 10.2 Å². The first kappa shape index (κ1) is 12.3. The molecule has 0 atom stereocenters. The second kappa shape index (κ2) is 4.85. The van der Waals surface area contributed by atoms with Gasteiger partial charge < -0.3 is 15.2 Å². The Labute approximate surface area is 104 Å². The van der Waals surface area contributed by atoms with Gasteiger partial charge >= 0.3 is 0 Å². The Hall–Kier alpha value is -0.750. The summed E-state index contributed by atoms with van der Waals surface area (Å²) in [6.45, 7) is 0. The standard InChI is InChI=1S/C9H10Br2N2O2/c1-13(2)12-4-5-3-6(10)9(15)7(11)8(5)14/h3-4,14-15H,1-2H3/b12-4+. The summed E-state index contributed by atoms with van der Waals surface area (Å²) >= 11 is 6.25. The molecule has 15 heavy (non-hydrogen) atoms. The average Bonchev–Trinajstić information content (AvgIpc) is 2.18. The van der Waals surface area contributed by atoms with E-state index in [-0.39, 0.29) is 16.0 Å². The van der Waals surface area contributed by atoms with E-state index in [9.17, 15) is 10.2 Å². The van der Waals surface area contributed by atoms with Crippen LogP contribution in [0.15, 0.2) is 20.1 Å².